The van der Waals surface area contributed by atoms with E-state index < -0.39 is 0 Å². The Kier molecular flexibility index (Phi) is 6.09. The molecule has 102 valence electrons. The molecule has 0 saturated heterocycles. The van der Waals surface area contributed by atoms with E-state index in [-0.39, 0.29) is 6.10 Å². The third-order valence-electron chi connectivity index (χ3n) is 3.21. The van der Waals surface area contributed by atoms with Crippen LogP contribution in [0.5, 0.6) is 0 Å². The molecule has 4 heteroatoms. The predicted octanol–water partition coefficient (Wildman–Crippen LogP) is 1.96. The third kappa shape index (κ3) is 4.27. The number of anilines is 1. The summed E-state index contributed by atoms with van der Waals surface area (Å²) in [5.41, 5.74) is 2.16. The highest BCUT2D eigenvalue weighted by Gasteiger charge is 2.09. The van der Waals surface area contributed by atoms with Gasteiger partial charge in [-0.2, -0.15) is 0 Å². The quantitative estimate of drug-likeness (QED) is 0.778. The summed E-state index contributed by atoms with van der Waals surface area (Å²) >= 11 is 0. The van der Waals surface area contributed by atoms with Gasteiger partial charge in [-0.05, 0) is 38.9 Å². The summed E-state index contributed by atoms with van der Waals surface area (Å²) in [5.74, 6) is 0. The van der Waals surface area contributed by atoms with Crippen molar-refractivity contribution in [3.05, 3.63) is 24.0 Å². The number of aliphatic hydroxyl groups is 1. The molecule has 0 aliphatic carbocycles. The smallest absolute Gasteiger partial charge is 0.0574 e. The van der Waals surface area contributed by atoms with Gasteiger partial charge < -0.3 is 15.3 Å². The van der Waals surface area contributed by atoms with Crippen molar-refractivity contribution in [1.82, 2.24) is 10.3 Å². The Morgan fingerprint density at radius 1 is 1.44 bits per heavy atom. The second-order valence-corrected chi connectivity index (χ2v) is 4.75. The molecule has 1 rings (SSSR count). The molecule has 0 amide bonds. The molecule has 2 N–H and O–H groups in total. The maximum atomic E-state index is 9.28. The predicted molar refractivity (Wildman–Crippen MR) is 75.9 cm³/mol. The van der Waals surface area contributed by atoms with Crippen LogP contribution in [0.2, 0.25) is 0 Å². The number of hydrogen-bond donors (Lipinski definition) is 2. The first-order chi connectivity index (χ1) is 8.58. The molecule has 0 saturated carbocycles. The van der Waals surface area contributed by atoms with Gasteiger partial charge in [0.15, 0.2) is 0 Å². The van der Waals surface area contributed by atoms with Gasteiger partial charge >= 0.3 is 0 Å². The first-order valence-electron chi connectivity index (χ1n) is 6.60. The zero-order valence-corrected chi connectivity index (χ0v) is 11.8. The van der Waals surface area contributed by atoms with E-state index in [0.717, 1.165) is 30.8 Å². The van der Waals surface area contributed by atoms with Gasteiger partial charge in [0.1, 0.15) is 0 Å². The van der Waals surface area contributed by atoms with Crippen LogP contribution in [0.15, 0.2) is 18.3 Å². The molecule has 1 aromatic heterocycles. The molecule has 0 aliphatic heterocycles. The van der Waals surface area contributed by atoms with E-state index in [0.29, 0.717) is 6.04 Å². The Hall–Kier alpha value is -1.13. The fourth-order valence-electron chi connectivity index (χ4n) is 1.90. The molecule has 2 unspecified atom stereocenters. The molecule has 0 bridgehead atoms. The molecule has 0 aliphatic rings. The highest BCUT2D eigenvalue weighted by molar-refractivity contribution is 5.43. The number of rotatable bonds is 7. The Morgan fingerprint density at radius 2 is 2.17 bits per heavy atom. The van der Waals surface area contributed by atoms with Gasteiger partial charge in [0.25, 0.3) is 0 Å². The fraction of sp³-hybridized carbons (Fsp3) is 0.643. The summed E-state index contributed by atoms with van der Waals surface area (Å²) < 4.78 is 0. The van der Waals surface area contributed by atoms with Crippen molar-refractivity contribution in [3.63, 3.8) is 0 Å². The van der Waals surface area contributed by atoms with Crippen LogP contribution >= 0.6 is 0 Å². The summed E-state index contributed by atoms with van der Waals surface area (Å²) in [4.78, 5) is 6.62. The van der Waals surface area contributed by atoms with Crippen molar-refractivity contribution >= 4 is 5.69 Å². The lowest BCUT2D eigenvalue weighted by Crippen LogP contribution is -2.22. The lowest BCUT2D eigenvalue weighted by atomic mass is 10.1. The molecule has 1 aromatic rings. The van der Waals surface area contributed by atoms with E-state index in [4.69, 9.17) is 0 Å². The summed E-state index contributed by atoms with van der Waals surface area (Å²) in [5, 5.41) is 12.5. The van der Waals surface area contributed by atoms with E-state index in [1.54, 1.807) is 0 Å². The molecular formula is C14H25N3O. The molecule has 18 heavy (non-hydrogen) atoms. The van der Waals surface area contributed by atoms with Crippen molar-refractivity contribution < 1.29 is 5.11 Å². The number of nitrogens with zero attached hydrogens (tertiary/aromatic N) is 2. The van der Waals surface area contributed by atoms with Crippen LogP contribution in [0, 0.1) is 0 Å². The molecular weight excluding hydrogens is 226 g/mol. The number of aliphatic hydroxyl groups excluding tert-OH is 1. The lowest BCUT2D eigenvalue weighted by molar-refractivity contribution is 0.187. The van der Waals surface area contributed by atoms with Gasteiger partial charge in [-0.15, -0.1) is 0 Å². The molecule has 0 spiro atoms. The van der Waals surface area contributed by atoms with Crippen LogP contribution in [0.4, 0.5) is 5.69 Å². The SMILES string of the molecule is CCC(NC)c1ccc(N(C)CCC(C)O)cn1. The standard InChI is InChI=1S/C14H25N3O/c1-5-13(15-3)14-7-6-12(10-16-14)17(4)9-8-11(2)18/h6-7,10-11,13,15,18H,5,8-9H2,1-4H3. The van der Waals surface area contributed by atoms with Gasteiger partial charge in [0, 0.05) is 19.6 Å². The topological polar surface area (TPSA) is 48.4 Å². The van der Waals surface area contributed by atoms with Crippen LogP contribution in [0.3, 0.4) is 0 Å². The number of aromatic nitrogens is 1. The van der Waals surface area contributed by atoms with Gasteiger partial charge in [0.05, 0.1) is 23.7 Å². The van der Waals surface area contributed by atoms with E-state index in [2.05, 4.69) is 34.3 Å². The normalized spacial score (nSPS) is 14.3. The average molecular weight is 251 g/mol. The maximum absolute atomic E-state index is 9.28. The maximum Gasteiger partial charge on any atom is 0.0574 e. The van der Waals surface area contributed by atoms with Gasteiger partial charge in [-0.1, -0.05) is 6.92 Å². The van der Waals surface area contributed by atoms with Crippen molar-refractivity contribution in [2.24, 2.45) is 0 Å². The lowest BCUT2D eigenvalue weighted by Gasteiger charge is -2.21. The minimum Gasteiger partial charge on any atom is -0.393 e. The molecule has 0 radical (unpaired) electrons. The largest absolute Gasteiger partial charge is 0.393 e. The van der Waals surface area contributed by atoms with E-state index >= 15 is 0 Å². The van der Waals surface area contributed by atoms with E-state index in [1.165, 1.54) is 0 Å². The van der Waals surface area contributed by atoms with Crippen molar-refractivity contribution in [1.29, 1.82) is 0 Å². The Morgan fingerprint density at radius 3 is 2.61 bits per heavy atom. The minimum absolute atomic E-state index is 0.256. The second kappa shape index (κ2) is 7.34. The number of nitrogens with one attached hydrogen (secondary N) is 1. The number of pyridine rings is 1. The second-order valence-electron chi connectivity index (χ2n) is 4.75. The third-order valence-corrected chi connectivity index (χ3v) is 3.21. The Labute approximate surface area is 110 Å². The van der Waals surface area contributed by atoms with Gasteiger partial charge in [-0.25, -0.2) is 0 Å². The van der Waals surface area contributed by atoms with E-state index in [9.17, 15) is 5.11 Å². The summed E-state index contributed by atoms with van der Waals surface area (Å²) in [6, 6.07) is 4.48. The number of hydrogen-bond acceptors (Lipinski definition) is 4. The molecule has 0 aromatic carbocycles. The van der Waals surface area contributed by atoms with Crippen LogP contribution in [-0.2, 0) is 0 Å². The van der Waals surface area contributed by atoms with Gasteiger partial charge in [0.2, 0.25) is 0 Å². The average Bonchev–Trinajstić information content (AvgIpc) is 2.38. The minimum atomic E-state index is -0.256. The molecule has 1 heterocycles. The molecule has 0 fully saturated rings. The van der Waals surface area contributed by atoms with Crippen molar-refractivity contribution in [2.45, 2.75) is 38.8 Å². The molecule has 2 atom stereocenters. The fourth-order valence-corrected chi connectivity index (χ4v) is 1.90. The van der Waals surface area contributed by atoms with Crippen LogP contribution in [0.25, 0.3) is 0 Å². The van der Waals surface area contributed by atoms with Crippen LogP contribution in [0.1, 0.15) is 38.4 Å². The first kappa shape index (κ1) is 14.9. The zero-order valence-electron chi connectivity index (χ0n) is 11.8. The van der Waals surface area contributed by atoms with Crippen molar-refractivity contribution in [3.8, 4) is 0 Å². The first-order valence-corrected chi connectivity index (χ1v) is 6.60. The summed E-state index contributed by atoms with van der Waals surface area (Å²) in [7, 11) is 3.98. The Bertz CT molecular complexity index is 333. The van der Waals surface area contributed by atoms with Crippen LogP contribution in [-0.4, -0.2) is 36.8 Å². The Balaban J connectivity index is 2.64. The van der Waals surface area contributed by atoms with E-state index in [1.807, 2.05) is 27.2 Å². The molecule has 4 nitrogen and oxygen atoms in total. The summed E-state index contributed by atoms with van der Waals surface area (Å²) in [6.45, 7) is 4.79. The van der Waals surface area contributed by atoms with Gasteiger partial charge in [-0.3, -0.25) is 4.98 Å². The van der Waals surface area contributed by atoms with Crippen molar-refractivity contribution in [2.75, 3.05) is 25.5 Å². The summed E-state index contributed by atoms with van der Waals surface area (Å²) in [6.07, 6.45) is 3.44. The zero-order chi connectivity index (χ0) is 13.5. The highest BCUT2D eigenvalue weighted by atomic mass is 16.3. The highest BCUT2D eigenvalue weighted by Crippen LogP contribution is 2.17. The monoisotopic (exact) mass is 251 g/mol. The van der Waals surface area contributed by atoms with Crippen LogP contribution < -0.4 is 10.2 Å².